The largest absolute Gasteiger partial charge is 0.419 e. The summed E-state index contributed by atoms with van der Waals surface area (Å²) in [6.45, 7) is 1.41. The quantitative estimate of drug-likeness (QED) is 0.325. The number of benzene rings is 2. The van der Waals surface area contributed by atoms with Gasteiger partial charge in [-0.1, -0.05) is 35.3 Å². The van der Waals surface area contributed by atoms with Gasteiger partial charge in [-0.3, -0.25) is 9.69 Å². The smallest absolute Gasteiger partial charge is 0.355 e. The van der Waals surface area contributed by atoms with E-state index in [-0.39, 0.29) is 42.5 Å². The Labute approximate surface area is 256 Å². The molecule has 0 saturated carbocycles. The van der Waals surface area contributed by atoms with Crippen molar-refractivity contribution in [1.82, 2.24) is 14.8 Å². The molecule has 0 N–H and O–H groups in total. The van der Waals surface area contributed by atoms with Crippen molar-refractivity contribution in [2.75, 3.05) is 49.6 Å². The van der Waals surface area contributed by atoms with Crippen LogP contribution in [0.5, 0.6) is 0 Å². The van der Waals surface area contributed by atoms with Crippen molar-refractivity contribution in [2.24, 2.45) is 0 Å². The third-order valence-corrected chi connectivity index (χ3v) is 10.3. The molecule has 0 radical (unpaired) electrons. The zero-order valence-electron chi connectivity index (χ0n) is 23.0. The van der Waals surface area contributed by atoms with Crippen LogP contribution in [0.25, 0.3) is 0 Å². The molecule has 1 amide bonds. The van der Waals surface area contributed by atoms with Gasteiger partial charge in [0, 0.05) is 50.9 Å². The molecule has 2 aliphatic heterocycles. The Morgan fingerprint density at radius 3 is 2.35 bits per heavy atom. The summed E-state index contributed by atoms with van der Waals surface area (Å²) in [6.07, 6.45) is -3.32. The van der Waals surface area contributed by atoms with Gasteiger partial charge in [-0.2, -0.15) is 13.2 Å². The standard InChI is InChI=1S/C29H28Cl2F4N4O3S/c1-37(15-18-2-5-22(25(32)12-18)29(33,34)35)26-17-39(16-21(26)19-3-6-23(30)24(31)13-19)28(40)20-4-7-27(36-14-20)38-8-10-43(41,42)11-9-38/h2-7,12-14,21,26H,8-11,15-17H2,1H3/t21-,26?/m1/s1. The fraction of sp³-hybridized carbons (Fsp3) is 0.379. The minimum atomic E-state index is -4.79. The number of alkyl halides is 3. The van der Waals surface area contributed by atoms with Gasteiger partial charge in [0.2, 0.25) is 0 Å². The summed E-state index contributed by atoms with van der Waals surface area (Å²) < 4.78 is 76.9. The fourth-order valence-electron chi connectivity index (χ4n) is 5.59. The van der Waals surface area contributed by atoms with Crippen LogP contribution in [0.1, 0.15) is 33.0 Å². The van der Waals surface area contributed by atoms with Crippen LogP contribution < -0.4 is 4.90 Å². The highest BCUT2D eigenvalue weighted by Crippen LogP contribution is 2.36. The zero-order chi connectivity index (χ0) is 31.1. The van der Waals surface area contributed by atoms with E-state index in [9.17, 15) is 30.8 Å². The van der Waals surface area contributed by atoms with Gasteiger partial charge < -0.3 is 9.80 Å². The van der Waals surface area contributed by atoms with Crippen LogP contribution in [0.4, 0.5) is 23.4 Å². The van der Waals surface area contributed by atoms with Gasteiger partial charge >= 0.3 is 6.18 Å². The molecule has 43 heavy (non-hydrogen) atoms. The molecule has 2 fully saturated rings. The third-order valence-electron chi connectivity index (χ3n) is 7.95. The van der Waals surface area contributed by atoms with Crippen molar-refractivity contribution in [3.8, 4) is 0 Å². The van der Waals surface area contributed by atoms with Crippen molar-refractivity contribution in [2.45, 2.75) is 24.7 Å². The molecular formula is C29H28Cl2F4N4O3S. The first-order valence-electron chi connectivity index (χ1n) is 13.4. The number of hydrogen-bond donors (Lipinski definition) is 0. The lowest BCUT2D eigenvalue weighted by molar-refractivity contribution is -0.140. The third kappa shape index (κ3) is 7.08. The first-order valence-corrected chi connectivity index (χ1v) is 16.0. The van der Waals surface area contributed by atoms with Gasteiger partial charge in [0.25, 0.3) is 5.91 Å². The molecule has 2 saturated heterocycles. The Hall–Kier alpha value is -2.93. The number of carbonyl (C=O) groups is 1. The number of nitrogens with zero attached hydrogens (tertiary/aromatic N) is 4. The maximum Gasteiger partial charge on any atom is 0.419 e. The van der Waals surface area contributed by atoms with Crippen LogP contribution in [0.15, 0.2) is 54.7 Å². The first-order chi connectivity index (χ1) is 20.2. The molecule has 3 heterocycles. The second-order valence-corrected chi connectivity index (χ2v) is 13.9. The van der Waals surface area contributed by atoms with E-state index in [1.165, 1.54) is 12.3 Å². The SMILES string of the molecule is CN(Cc1ccc(C(F)(F)F)c(F)c1)C1CN(C(=O)c2ccc(N3CCS(=O)(=O)CC3)nc2)C[C@@H]1c1ccc(Cl)c(Cl)c1. The molecular weight excluding hydrogens is 631 g/mol. The van der Waals surface area contributed by atoms with Gasteiger partial charge in [-0.25, -0.2) is 17.8 Å². The zero-order valence-corrected chi connectivity index (χ0v) is 25.3. The average molecular weight is 660 g/mol. The predicted molar refractivity (Wildman–Crippen MR) is 157 cm³/mol. The van der Waals surface area contributed by atoms with Crippen LogP contribution in [0, 0.1) is 5.82 Å². The Balaban J connectivity index is 1.35. The maximum absolute atomic E-state index is 14.3. The van der Waals surface area contributed by atoms with Crippen LogP contribution >= 0.6 is 23.2 Å². The molecule has 3 aromatic rings. The molecule has 1 aromatic heterocycles. The van der Waals surface area contributed by atoms with E-state index in [0.717, 1.165) is 17.7 Å². The molecule has 14 heteroatoms. The average Bonchev–Trinajstić information content (AvgIpc) is 3.39. The van der Waals surface area contributed by atoms with Crippen LogP contribution in [0.3, 0.4) is 0 Å². The maximum atomic E-state index is 14.3. The second kappa shape index (κ2) is 12.2. The van der Waals surface area contributed by atoms with E-state index < -0.39 is 27.4 Å². The van der Waals surface area contributed by atoms with Gasteiger partial charge in [-0.05, 0) is 54.6 Å². The molecule has 1 unspecified atom stereocenters. The second-order valence-electron chi connectivity index (χ2n) is 10.8. The van der Waals surface area contributed by atoms with E-state index in [1.807, 2.05) is 15.9 Å². The van der Waals surface area contributed by atoms with Crippen molar-refractivity contribution < 1.29 is 30.8 Å². The molecule has 0 aliphatic carbocycles. The van der Waals surface area contributed by atoms with E-state index >= 15 is 0 Å². The van der Waals surface area contributed by atoms with Gasteiger partial charge in [-0.15, -0.1) is 0 Å². The van der Waals surface area contributed by atoms with Crippen LogP contribution in [-0.2, 0) is 22.6 Å². The number of pyridine rings is 1. The van der Waals surface area contributed by atoms with Gasteiger partial charge in [0.1, 0.15) is 11.6 Å². The summed E-state index contributed by atoms with van der Waals surface area (Å²) in [7, 11) is -1.27. The van der Waals surface area contributed by atoms with Crippen LogP contribution in [0.2, 0.25) is 10.0 Å². The first kappa shape index (κ1) is 31.5. The van der Waals surface area contributed by atoms with Gasteiger partial charge in [0.05, 0.1) is 32.7 Å². The topological polar surface area (TPSA) is 73.8 Å². The Morgan fingerprint density at radius 2 is 1.74 bits per heavy atom. The molecule has 7 nitrogen and oxygen atoms in total. The minimum absolute atomic E-state index is 0.0489. The number of amides is 1. The Morgan fingerprint density at radius 1 is 1.02 bits per heavy atom. The summed E-state index contributed by atoms with van der Waals surface area (Å²) in [6, 6.07) is 11.2. The predicted octanol–water partition coefficient (Wildman–Crippen LogP) is 5.52. The lowest BCUT2D eigenvalue weighted by Crippen LogP contribution is -2.40. The highest BCUT2D eigenvalue weighted by molar-refractivity contribution is 7.91. The highest BCUT2D eigenvalue weighted by atomic mass is 35.5. The lowest BCUT2D eigenvalue weighted by atomic mass is 9.93. The van der Waals surface area contributed by atoms with Crippen molar-refractivity contribution >= 4 is 44.8 Å². The van der Waals surface area contributed by atoms with E-state index in [2.05, 4.69) is 4.98 Å². The number of anilines is 1. The van der Waals surface area contributed by atoms with Crippen molar-refractivity contribution in [1.29, 1.82) is 0 Å². The molecule has 2 atom stereocenters. The summed E-state index contributed by atoms with van der Waals surface area (Å²) >= 11 is 12.4. The summed E-state index contributed by atoms with van der Waals surface area (Å²) in [5.41, 5.74) is 0.217. The van der Waals surface area contributed by atoms with Crippen molar-refractivity contribution in [3.05, 3.63) is 92.8 Å². The summed E-state index contributed by atoms with van der Waals surface area (Å²) in [5.74, 6) is -1.15. The molecule has 0 spiro atoms. The number of carbonyl (C=O) groups excluding carboxylic acids is 1. The van der Waals surface area contributed by atoms with Crippen LogP contribution in [-0.4, -0.2) is 79.9 Å². The van der Waals surface area contributed by atoms with E-state index in [4.69, 9.17) is 23.2 Å². The summed E-state index contributed by atoms with van der Waals surface area (Å²) in [4.78, 5) is 23.4. The Bertz CT molecular complexity index is 1610. The van der Waals surface area contributed by atoms with Gasteiger partial charge in [0.15, 0.2) is 9.84 Å². The number of likely N-dealkylation sites (N-methyl/N-ethyl adjacent to an activating group) is 1. The number of rotatable bonds is 6. The minimum Gasteiger partial charge on any atom is -0.355 e. The molecule has 2 aliphatic rings. The summed E-state index contributed by atoms with van der Waals surface area (Å²) in [5, 5.41) is 0.722. The Kier molecular flexibility index (Phi) is 8.95. The molecule has 0 bridgehead atoms. The van der Waals surface area contributed by atoms with Crippen molar-refractivity contribution in [3.63, 3.8) is 0 Å². The number of aromatic nitrogens is 1. The fourth-order valence-corrected chi connectivity index (χ4v) is 7.09. The van der Waals surface area contributed by atoms with E-state index in [0.29, 0.717) is 46.6 Å². The molecule has 230 valence electrons. The number of sulfone groups is 1. The number of halogens is 6. The monoisotopic (exact) mass is 658 g/mol. The molecule has 5 rings (SSSR count). The van der Waals surface area contributed by atoms with E-state index in [1.54, 1.807) is 36.2 Å². The lowest BCUT2D eigenvalue weighted by Gasteiger charge is -2.29. The highest BCUT2D eigenvalue weighted by Gasteiger charge is 2.39. The normalized spacial score (nSPS) is 20.6. The number of likely N-dealkylation sites (tertiary alicyclic amines) is 1. The molecule has 2 aromatic carbocycles. The number of hydrogen-bond acceptors (Lipinski definition) is 6.